The first-order valence-corrected chi connectivity index (χ1v) is 6.95. The number of hydrogen-bond acceptors (Lipinski definition) is 2. The van der Waals surface area contributed by atoms with Gasteiger partial charge in [0.15, 0.2) is 0 Å². The van der Waals surface area contributed by atoms with Gasteiger partial charge in [-0.3, -0.25) is 0 Å². The Kier molecular flexibility index (Phi) is 3.35. The minimum atomic E-state index is -0.205. The molecule has 0 saturated heterocycles. The first kappa shape index (κ1) is 13.0. The van der Waals surface area contributed by atoms with Crippen LogP contribution in [0.3, 0.4) is 0 Å². The zero-order valence-corrected chi connectivity index (χ0v) is 11.4. The van der Waals surface area contributed by atoms with Gasteiger partial charge in [0, 0.05) is 5.69 Å². The minimum absolute atomic E-state index is 0.205. The number of aryl methyl sites for hydroxylation is 1. The molecular formula is C17H18FNO. The molecule has 3 rings (SSSR count). The second-order valence-electron chi connectivity index (χ2n) is 5.51. The lowest BCUT2D eigenvalue weighted by Gasteiger charge is -2.20. The lowest BCUT2D eigenvalue weighted by Crippen LogP contribution is -2.13. The van der Waals surface area contributed by atoms with Crippen LogP contribution in [0.1, 0.15) is 30.0 Å². The molecule has 0 heterocycles. The molecular weight excluding hydrogens is 253 g/mol. The first-order valence-electron chi connectivity index (χ1n) is 6.95. The van der Waals surface area contributed by atoms with Crippen LogP contribution < -0.4 is 5.32 Å². The van der Waals surface area contributed by atoms with Gasteiger partial charge in [0.25, 0.3) is 0 Å². The number of hydrogen-bond donors (Lipinski definition) is 2. The summed E-state index contributed by atoms with van der Waals surface area (Å²) in [5.41, 5.74) is 2.95. The molecule has 0 aromatic heterocycles. The fourth-order valence-electron chi connectivity index (χ4n) is 2.50. The molecule has 1 aliphatic rings. The first-order chi connectivity index (χ1) is 9.63. The van der Waals surface area contributed by atoms with Gasteiger partial charge in [-0.2, -0.15) is 0 Å². The minimum Gasteiger partial charge on any atom is -0.508 e. The Hall–Kier alpha value is -2.03. The Morgan fingerprint density at radius 1 is 1.15 bits per heavy atom. The van der Waals surface area contributed by atoms with E-state index in [1.54, 1.807) is 6.07 Å². The third kappa shape index (κ3) is 2.77. The number of rotatable bonds is 4. The Labute approximate surface area is 118 Å². The third-order valence-electron chi connectivity index (χ3n) is 3.84. The summed E-state index contributed by atoms with van der Waals surface area (Å²) in [4.78, 5) is 0. The zero-order valence-electron chi connectivity index (χ0n) is 11.4. The molecule has 1 saturated carbocycles. The number of anilines is 1. The highest BCUT2D eigenvalue weighted by Gasteiger charge is 2.32. The normalized spacial score (nSPS) is 15.9. The van der Waals surface area contributed by atoms with Crippen molar-refractivity contribution < 1.29 is 9.50 Å². The van der Waals surface area contributed by atoms with Crippen molar-refractivity contribution in [3.63, 3.8) is 0 Å². The molecule has 3 heteroatoms. The van der Waals surface area contributed by atoms with Crippen molar-refractivity contribution in [3.05, 3.63) is 59.4 Å². The molecule has 1 unspecified atom stereocenters. The summed E-state index contributed by atoms with van der Waals surface area (Å²) >= 11 is 0. The van der Waals surface area contributed by atoms with Crippen molar-refractivity contribution in [2.75, 3.05) is 5.32 Å². The van der Waals surface area contributed by atoms with Crippen LogP contribution in [0.2, 0.25) is 0 Å². The van der Waals surface area contributed by atoms with E-state index < -0.39 is 0 Å². The van der Waals surface area contributed by atoms with Crippen LogP contribution in [0.15, 0.2) is 42.5 Å². The summed E-state index contributed by atoms with van der Waals surface area (Å²) in [6.45, 7) is 1.88. The maximum Gasteiger partial charge on any atom is 0.123 e. The van der Waals surface area contributed by atoms with Crippen molar-refractivity contribution >= 4 is 5.69 Å². The fraction of sp³-hybridized carbons (Fsp3) is 0.294. The van der Waals surface area contributed by atoms with Crippen molar-refractivity contribution in [2.45, 2.75) is 25.8 Å². The van der Waals surface area contributed by atoms with Gasteiger partial charge in [0.1, 0.15) is 11.6 Å². The number of nitrogens with one attached hydrogen (secondary N) is 1. The number of aromatic hydroxyl groups is 1. The van der Waals surface area contributed by atoms with Crippen molar-refractivity contribution in [2.24, 2.45) is 5.92 Å². The molecule has 2 aromatic rings. The molecule has 1 aliphatic carbocycles. The van der Waals surface area contributed by atoms with Crippen LogP contribution in [0.25, 0.3) is 0 Å². The van der Waals surface area contributed by atoms with Gasteiger partial charge in [-0.05, 0) is 67.1 Å². The van der Waals surface area contributed by atoms with Gasteiger partial charge in [0.2, 0.25) is 0 Å². The van der Waals surface area contributed by atoms with Gasteiger partial charge in [0.05, 0.1) is 6.04 Å². The maximum absolute atomic E-state index is 13.0. The van der Waals surface area contributed by atoms with Gasteiger partial charge < -0.3 is 10.4 Å². The van der Waals surface area contributed by atoms with Crippen LogP contribution in [-0.2, 0) is 0 Å². The molecule has 0 bridgehead atoms. The predicted octanol–water partition coefficient (Wildman–Crippen LogP) is 4.40. The molecule has 0 spiro atoms. The summed E-state index contributed by atoms with van der Waals surface area (Å²) < 4.78 is 13.0. The topological polar surface area (TPSA) is 32.3 Å². The van der Waals surface area contributed by atoms with Gasteiger partial charge in [-0.15, -0.1) is 0 Å². The molecule has 20 heavy (non-hydrogen) atoms. The summed E-state index contributed by atoms with van der Waals surface area (Å²) in [6.07, 6.45) is 2.40. The molecule has 2 N–H and O–H groups in total. The second kappa shape index (κ2) is 5.16. The van der Waals surface area contributed by atoms with E-state index in [1.807, 2.05) is 31.2 Å². The van der Waals surface area contributed by atoms with Gasteiger partial charge in [-0.25, -0.2) is 4.39 Å². The van der Waals surface area contributed by atoms with E-state index in [4.69, 9.17) is 0 Å². The van der Waals surface area contributed by atoms with Crippen molar-refractivity contribution in [1.29, 1.82) is 0 Å². The highest BCUT2D eigenvalue weighted by atomic mass is 19.1. The lowest BCUT2D eigenvalue weighted by molar-refractivity contribution is 0.471. The highest BCUT2D eigenvalue weighted by molar-refractivity contribution is 5.52. The smallest absolute Gasteiger partial charge is 0.123 e. The Bertz CT molecular complexity index is 605. The molecule has 1 fully saturated rings. The Morgan fingerprint density at radius 3 is 2.45 bits per heavy atom. The molecule has 0 aliphatic heterocycles. The second-order valence-corrected chi connectivity index (χ2v) is 5.51. The summed E-state index contributed by atoms with van der Waals surface area (Å²) in [6, 6.07) is 12.4. The van der Waals surface area contributed by atoms with Gasteiger partial charge in [-0.1, -0.05) is 12.1 Å². The van der Waals surface area contributed by atoms with Gasteiger partial charge >= 0.3 is 0 Å². The SMILES string of the molecule is Cc1cc(NC(c2ccc(F)cc2)C2CC2)ccc1O. The van der Waals surface area contributed by atoms with Crippen LogP contribution in [-0.4, -0.2) is 5.11 Å². The van der Waals surface area contributed by atoms with E-state index in [2.05, 4.69) is 5.32 Å². The molecule has 2 nitrogen and oxygen atoms in total. The zero-order chi connectivity index (χ0) is 14.1. The number of benzene rings is 2. The van der Waals surface area contributed by atoms with Crippen LogP contribution >= 0.6 is 0 Å². The predicted molar refractivity (Wildman–Crippen MR) is 78.3 cm³/mol. The van der Waals surface area contributed by atoms with E-state index in [0.717, 1.165) is 16.8 Å². The summed E-state index contributed by atoms with van der Waals surface area (Å²) in [5.74, 6) is 0.707. The molecule has 1 atom stereocenters. The summed E-state index contributed by atoms with van der Waals surface area (Å²) in [5, 5.41) is 13.1. The van der Waals surface area contributed by atoms with Crippen LogP contribution in [0.4, 0.5) is 10.1 Å². The van der Waals surface area contributed by atoms with Crippen LogP contribution in [0, 0.1) is 18.7 Å². The number of phenols is 1. The van der Waals surface area contributed by atoms with Crippen molar-refractivity contribution in [1.82, 2.24) is 0 Å². The Balaban J connectivity index is 1.84. The van der Waals surface area contributed by atoms with E-state index >= 15 is 0 Å². The average Bonchev–Trinajstić information content (AvgIpc) is 3.26. The number of halogens is 1. The lowest BCUT2D eigenvalue weighted by atomic mass is 10.0. The standard InChI is InChI=1S/C17H18FNO/c1-11-10-15(8-9-16(11)20)19-17(12-2-3-12)13-4-6-14(18)7-5-13/h4-10,12,17,19-20H,2-3H2,1H3. The highest BCUT2D eigenvalue weighted by Crippen LogP contribution is 2.43. The van der Waals surface area contributed by atoms with E-state index in [0.29, 0.717) is 11.7 Å². The van der Waals surface area contributed by atoms with E-state index in [9.17, 15) is 9.50 Å². The van der Waals surface area contributed by atoms with Crippen molar-refractivity contribution in [3.8, 4) is 5.75 Å². The molecule has 0 radical (unpaired) electrons. The molecule has 0 amide bonds. The largest absolute Gasteiger partial charge is 0.508 e. The molecule has 104 valence electrons. The maximum atomic E-state index is 13.0. The fourth-order valence-corrected chi connectivity index (χ4v) is 2.50. The quantitative estimate of drug-likeness (QED) is 0.808. The van der Waals surface area contributed by atoms with Crippen LogP contribution in [0.5, 0.6) is 5.75 Å². The molecule has 2 aromatic carbocycles. The Morgan fingerprint density at radius 2 is 1.85 bits per heavy atom. The van der Waals surface area contributed by atoms with E-state index in [1.165, 1.54) is 25.0 Å². The summed E-state index contributed by atoms with van der Waals surface area (Å²) in [7, 11) is 0. The van der Waals surface area contributed by atoms with E-state index in [-0.39, 0.29) is 11.9 Å². The monoisotopic (exact) mass is 271 g/mol. The average molecular weight is 271 g/mol. The number of phenolic OH excluding ortho intramolecular Hbond substituents is 1. The third-order valence-corrected chi connectivity index (χ3v) is 3.84.